The molecule has 158 valence electrons. The number of nitrogens with zero attached hydrogens (tertiary/aromatic N) is 3. The molecule has 2 N–H and O–H groups in total. The Morgan fingerprint density at radius 3 is 2.55 bits per heavy atom. The number of anilines is 1. The first-order valence-electron chi connectivity index (χ1n) is 11.0. The summed E-state index contributed by atoms with van der Waals surface area (Å²) >= 11 is 1.79. The molecule has 3 aromatic rings. The van der Waals surface area contributed by atoms with Crippen LogP contribution in [0.3, 0.4) is 0 Å². The number of rotatable bonds is 9. The molecule has 29 heavy (non-hydrogen) atoms. The monoisotopic (exact) mass is 412 g/mol. The Balaban J connectivity index is 1.69. The van der Waals surface area contributed by atoms with Crippen LogP contribution in [0, 0.1) is 0 Å². The molecule has 0 spiro atoms. The predicted octanol–water partition coefficient (Wildman–Crippen LogP) is 6.21. The van der Waals surface area contributed by atoms with Crippen molar-refractivity contribution in [2.45, 2.75) is 78.2 Å². The highest BCUT2D eigenvalue weighted by atomic mass is 32.1. The van der Waals surface area contributed by atoms with E-state index in [1.54, 1.807) is 11.3 Å². The number of unbranched alkanes of at least 4 members (excludes halogenated alkanes) is 3. The lowest BCUT2D eigenvalue weighted by atomic mass is 10.0. The standard InChI is InChI=1S/C24H36N4S/c1-6-7-12-20-27-21-22(29-20)18-16-17(13-14-19(18)26-23(21)25)11-9-8-10-15-28(5)24(2,3)4/h13-14,16H,6-12,15H2,1-5H3,(H2,25,26). The summed E-state index contributed by atoms with van der Waals surface area (Å²) in [6, 6.07) is 6.65. The molecule has 4 nitrogen and oxygen atoms in total. The average molecular weight is 413 g/mol. The lowest BCUT2D eigenvalue weighted by molar-refractivity contribution is 0.172. The normalized spacial score (nSPS) is 12.5. The van der Waals surface area contributed by atoms with Crippen molar-refractivity contribution >= 4 is 38.3 Å². The highest BCUT2D eigenvalue weighted by Crippen LogP contribution is 2.33. The molecule has 0 fully saturated rings. The first-order valence-corrected chi connectivity index (χ1v) is 11.8. The van der Waals surface area contributed by atoms with Gasteiger partial charge in [0.25, 0.3) is 0 Å². The van der Waals surface area contributed by atoms with Gasteiger partial charge < -0.3 is 10.6 Å². The Hall–Kier alpha value is -1.72. The Morgan fingerprint density at radius 1 is 1.03 bits per heavy atom. The van der Waals surface area contributed by atoms with Crippen molar-refractivity contribution in [3.63, 3.8) is 0 Å². The van der Waals surface area contributed by atoms with E-state index in [1.165, 1.54) is 52.8 Å². The van der Waals surface area contributed by atoms with Crippen LogP contribution >= 0.6 is 11.3 Å². The van der Waals surface area contributed by atoms with Crippen molar-refractivity contribution in [2.24, 2.45) is 0 Å². The summed E-state index contributed by atoms with van der Waals surface area (Å²) in [4.78, 5) is 11.8. The van der Waals surface area contributed by atoms with Crippen molar-refractivity contribution < 1.29 is 0 Å². The summed E-state index contributed by atoms with van der Waals surface area (Å²) in [6.07, 6.45) is 8.22. The van der Waals surface area contributed by atoms with Crippen LogP contribution in [0.5, 0.6) is 0 Å². The van der Waals surface area contributed by atoms with Gasteiger partial charge >= 0.3 is 0 Å². The van der Waals surface area contributed by atoms with Gasteiger partial charge in [-0.05, 0) is 84.2 Å². The molecular formula is C24H36N4S. The summed E-state index contributed by atoms with van der Waals surface area (Å²) in [5.74, 6) is 0.558. The molecule has 0 saturated carbocycles. The van der Waals surface area contributed by atoms with Crippen LogP contribution in [0.15, 0.2) is 18.2 Å². The summed E-state index contributed by atoms with van der Waals surface area (Å²) in [5, 5.41) is 2.38. The summed E-state index contributed by atoms with van der Waals surface area (Å²) in [6.45, 7) is 10.2. The summed E-state index contributed by atoms with van der Waals surface area (Å²) < 4.78 is 1.20. The van der Waals surface area contributed by atoms with E-state index in [2.05, 4.69) is 62.8 Å². The van der Waals surface area contributed by atoms with E-state index < -0.39 is 0 Å². The molecule has 0 aliphatic heterocycles. The molecule has 0 aliphatic carbocycles. The van der Waals surface area contributed by atoms with Crippen molar-refractivity contribution in [3.05, 3.63) is 28.8 Å². The Morgan fingerprint density at radius 2 is 1.83 bits per heavy atom. The van der Waals surface area contributed by atoms with Gasteiger partial charge in [-0.25, -0.2) is 9.97 Å². The Kier molecular flexibility index (Phi) is 7.12. The number of benzene rings is 1. The quantitative estimate of drug-likeness (QED) is 0.424. The second kappa shape index (κ2) is 9.40. The third kappa shape index (κ3) is 5.46. The first kappa shape index (κ1) is 22.0. The fourth-order valence-corrected chi connectivity index (χ4v) is 4.69. The highest BCUT2D eigenvalue weighted by Gasteiger charge is 2.16. The second-order valence-electron chi connectivity index (χ2n) is 9.14. The largest absolute Gasteiger partial charge is 0.382 e. The second-order valence-corrected chi connectivity index (χ2v) is 10.2. The van der Waals surface area contributed by atoms with Gasteiger partial charge in [0, 0.05) is 10.9 Å². The number of thiazole rings is 1. The zero-order valence-electron chi connectivity index (χ0n) is 18.7. The van der Waals surface area contributed by atoms with E-state index >= 15 is 0 Å². The Labute approximate surface area is 179 Å². The van der Waals surface area contributed by atoms with Crippen LogP contribution in [0.25, 0.3) is 21.1 Å². The minimum absolute atomic E-state index is 0.253. The number of nitrogens with two attached hydrogens (primary N) is 1. The van der Waals surface area contributed by atoms with Gasteiger partial charge in [-0.1, -0.05) is 25.8 Å². The van der Waals surface area contributed by atoms with Gasteiger partial charge in [0.1, 0.15) is 5.52 Å². The lowest BCUT2D eigenvalue weighted by Crippen LogP contribution is -2.38. The molecule has 0 unspecified atom stereocenters. The van der Waals surface area contributed by atoms with Gasteiger partial charge in [-0.3, -0.25) is 0 Å². The lowest BCUT2D eigenvalue weighted by Gasteiger charge is -2.31. The number of fused-ring (bicyclic) bond motifs is 3. The molecule has 2 heterocycles. The van der Waals surface area contributed by atoms with Crippen molar-refractivity contribution in [3.8, 4) is 0 Å². The van der Waals surface area contributed by atoms with Crippen LogP contribution in [-0.2, 0) is 12.8 Å². The van der Waals surface area contributed by atoms with Crippen LogP contribution < -0.4 is 5.73 Å². The fraction of sp³-hybridized carbons (Fsp3) is 0.583. The smallest absolute Gasteiger partial charge is 0.151 e. The van der Waals surface area contributed by atoms with Gasteiger partial charge in [0.15, 0.2) is 5.82 Å². The fourth-order valence-electron chi connectivity index (χ4n) is 3.55. The van der Waals surface area contributed by atoms with Crippen molar-refractivity contribution in [1.82, 2.24) is 14.9 Å². The minimum atomic E-state index is 0.253. The van der Waals surface area contributed by atoms with Crippen LogP contribution in [0.4, 0.5) is 5.82 Å². The molecule has 5 heteroatoms. The van der Waals surface area contributed by atoms with Crippen LogP contribution in [-0.4, -0.2) is 34.0 Å². The molecule has 2 aromatic heterocycles. The number of hydrogen-bond acceptors (Lipinski definition) is 5. The molecule has 3 rings (SSSR count). The molecule has 1 aromatic carbocycles. The van der Waals surface area contributed by atoms with E-state index in [9.17, 15) is 0 Å². The predicted molar refractivity (Wildman–Crippen MR) is 128 cm³/mol. The van der Waals surface area contributed by atoms with E-state index in [-0.39, 0.29) is 5.54 Å². The number of aryl methyl sites for hydroxylation is 2. The van der Waals surface area contributed by atoms with Gasteiger partial charge in [0.2, 0.25) is 0 Å². The third-order valence-corrected chi connectivity index (χ3v) is 6.96. The third-order valence-electron chi connectivity index (χ3n) is 5.81. The number of nitrogen functional groups attached to an aromatic ring is 1. The van der Waals surface area contributed by atoms with Crippen LogP contribution in [0.1, 0.15) is 70.4 Å². The van der Waals surface area contributed by atoms with Crippen molar-refractivity contribution in [2.75, 3.05) is 19.3 Å². The maximum absolute atomic E-state index is 6.20. The molecule has 0 bridgehead atoms. The van der Waals surface area contributed by atoms with Gasteiger partial charge in [-0.15, -0.1) is 11.3 Å². The van der Waals surface area contributed by atoms with Crippen molar-refractivity contribution in [1.29, 1.82) is 0 Å². The average Bonchev–Trinajstić information content (AvgIpc) is 3.11. The van der Waals surface area contributed by atoms with Gasteiger partial charge in [0.05, 0.1) is 15.2 Å². The van der Waals surface area contributed by atoms with E-state index in [0.29, 0.717) is 5.82 Å². The first-order chi connectivity index (χ1) is 13.8. The highest BCUT2D eigenvalue weighted by molar-refractivity contribution is 7.19. The molecule has 0 atom stereocenters. The molecule has 0 amide bonds. The van der Waals surface area contributed by atoms with Crippen LogP contribution in [0.2, 0.25) is 0 Å². The SMILES string of the molecule is CCCCc1nc2c(N)nc3ccc(CCCCCN(C)C(C)(C)C)cc3c2s1. The van der Waals surface area contributed by atoms with Gasteiger partial charge in [-0.2, -0.15) is 0 Å². The summed E-state index contributed by atoms with van der Waals surface area (Å²) in [5.41, 5.74) is 9.71. The molecule has 0 aliphatic rings. The number of pyridine rings is 1. The molecule has 0 radical (unpaired) electrons. The topological polar surface area (TPSA) is 55.0 Å². The Bertz CT molecular complexity index is 955. The molecule has 0 saturated heterocycles. The molecular weight excluding hydrogens is 376 g/mol. The minimum Gasteiger partial charge on any atom is -0.382 e. The number of hydrogen-bond donors (Lipinski definition) is 1. The zero-order valence-corrected chi connectivity index (χ0v) is 19.5. The van der Waals surface area contributed by atoms with E-state index in [0.717, 1.165) is 30.4 Å². The maximum atomic E-state index is 6.20. The van der Waals surface area contributed by atoms with E-state index in [4.69, 9.17) is 10.7 Å². The number of aromatic nitrogens is 2. The van der Waals surface area contributed by atoms with E-state index in [1.807, 2.05) is 0 Å². The zero-order chi connectivity index (χ0) is 21.0. The summed E-state index contributed by atoms with van der Waals surface area (Å²) in [7, 11) is 2.22. The maximum Gasteiger partial charge on any atom is 0.151 e.